The number of carboxylic acids is 2. The summed E-state index contributed by atoms with van der Waals surface area (Å²) in [6.45, 7) is 4.25. The lowest BCUT2D eigenvalue weighted by Crippen LogP contribution is -2.45. The van der Waals surface area contributed by atoms with E-state index in [1.54, 1.807) is 0 Å². The Kier molecular flexibility index (Phi) is 8.82. The minimum absolute atomic E-state index is 0.105. The van der Waals surface area contributed by atoms with Gasteiger partial charge in [0.2, 0.25) is 0 Å². The van der Waals surface area contributed by atoms with Crippen LogP contribution in [-0.2, 0) is 9.59 Å². The van der Waals surface area contributed by atoms with E-state index in [4.69, 9.17) is 10.2 Å². The van der Waals surface area contributed by atoms with Crippen molar-refractivity contribution >= 4 is 11.9 Å². The van der Waals surface area contributed by atoms with Gasteiger partial charge in [0.05, 0.1) is 6.10 Å². The average molecular weight is 273 g/mol. The number of carbonyl (C=O) groups is 2. The van der Waals surface area contributed by atoms with Crippen LogP contribution in [-0.4, -0.2) is 45.4 Å². The maximum absolute atomic E-state index is 9.56. The zero-order valence-electron chi connectivity index (χ0n) is 11.4. The van der Waals surface area contributed by atoms with Crippen molar-refractivity contribution in [2.45, 2.75) is 57.7 Å². The van der Waals surface area contributed by atoms with Crippen LogP contribution in [0.1, 0.15) is 39.5 Å². The Labute approximate surface area is 113 Å². The molecule has 110 valence electrons. The Hall–Kier alpha value is -1.40. The van der Waals surface area contributed by atoms with Crippen LogP contribution in [0.4, 0.5) is 0 Å². The molecule has 0 amide bonds. The Morgan fingerprint density at radius 1 is 1.11 bits per heavy atom. The van der Waals surface area contributed by atoms with Gasteiger partial charge in [0.25, 0.3) is 0 Å². The Morgan fingerprint density at radius 2 is 1.58 bits per heavy atom. The summed E-state index contributed by atoms with van der Waals surface area (Å²) in [7, 11) is 0. The number of aliphatic hydroxyl groups excluding tert-OH is 1. The van der Waals surface area contributed by atoms with E-state index in [2.05, 4.69) is 19.2 Å². The molecule has 1 fully saturated rings. The number of hydrogen-bond acceptors (Lipinski definition) is 4. The summed E-state index contributed by atoms with van der Waals surface area (Å²) in [5, 5.41) is 28.6. The number of nitrogens with one attached hydrogen (secondary N) is 1. The van der Waals surface area contributed by atoms with Gasteiger partial charge < -0.3 is 20.6 Å². The van der Waals surface area contributed by atoms with Crippen LogP contribution in [0, 0.1) is 0 Å². The van der Waals surface area contributed by atoms with Crippen LogP contribution in [0.2, 0.25) is 0 Å². The molecule has 0 radical (unpaired) electrons. The van der Waals surface area contributed by atoms with Gasteiger partial charge in [0, 0.05) is 24.2 Å². The van der Waals surface area contributed by atoms with E-state index in [0.717, 1.165) is 12.8 Å². The average Bonchev–Trinajstić information content (AvgIpc) is 2.30. The molecule has 0 heterocycles. The molecule has 2 unspecified atom stereocenters. The highest BCUT2D eigenvalue weighted by Gasteiger charge is 2.22. The van der Waals surface area contributed by atoms with E-state index < -0.39 is 11.9 Å². The molecule has 1 saturated carbocycles. The summed E-state index contributed by atoms with van der Waals surface area (Å²) in [4.78, 5) is 19.1. The van der Waals surface area contributed by atoms with E-state index >= 15 is 0 Å². The third-order valence-corrected chi connectivity index (χ3v) is 2.65. The molecule has 0 aromatic heterocycles. The van der Waals surface area contributed by atoms with Crippen LogP contribution in [0.5, 0.6) is 0 Å². The van der Waals surface area contributed by atoms with Gasteiger partial charge >= 0.3 is 11.9 Å². The molecule has 0 bridgehead atoms. The van der Waals surface area contributed by atoms with Crippen LogP contribution in [0.3, 0.4) is 0 Å². The lowest BCUT2D eigenvalue weighted by molar-refractivity contribution is -0.134. The predicted octanol–water partition coefficient (Wildman–Crippen LogP) is 1.000. The molecular formula is C13H23NO5. The molecule has 0 saturated heterocycles. The van der Waals surface area contributed by atoms with Crippen molar-refractivity contribution in [3.63, 3.8) is 0 Å². The highest BCUT2D eigenvalue weighted by atomic mass is 16.4. The minimum Gasteiger partial charge on any atom is -0.478 e. The van der Waals surface area contributed by atoms with Gasteiger partial charge in [0.1, 0.15) is 0 Å². The van der Waals surface area contributed by atoms with Crippen molar-refractivity contribution in [2.75, 3.05) is 0 Å². The van der Waals surface area contributed by atoms with Crippen LogP contribution < -0.4 is 5.32 Å². The van der Waals surface area contributed by atoms with Gasteiger partial charge in [-0.05, 0) is 12.8 Å². The third kappa shape index (κ3) is 10.2. The first-order valence-electron chi connectivity index (χ1n) is 6.41. The molecule has 4 N–H and O–H groups in total. The first kappa shape index (κ1) is 17.6. The van der Waals surface area contributed by atoms with Crippen molar-refractivity contribution in [3.8, 4) is 0 Å². The molecule has 2 atom stereocenters. The second-order valence-electron chi connectivity index (χ2n) is 4.79. The molecular weight excluding hydrogens is 250 g/mol. The molecule has 0 aromatic rings. The third-order valence-electron chi connectivity index (χ3n) is 2.65. The number of aliphatic carboxylic acids is 2. The monoisotopic (exact) mass is 273 g/mol. The van der Waals surface area contributed by atoms with Gasteiger partial charge in [-0.15, -0.1) is 0 Å². The normalized spacial score (nSPS) is 22.9. The summed E-state index contributed by atoms with van der Waals surface area (Å²) in [6.07, 6.45) is 5.58. The summed E-state index contributed by atoms with van der Waals surface area (Å²) in [6, 6.07) is 0.844. The summed E-state index contributed by atoms with van der Waals surface area (Å²) in [5.74, 6) is -2.51. The van der Waals surface area contributed by atoms with Gasteiger partial charge in [0.15, 0.2) is 0 Å². The van der Waals surface area contributed by atoms with Gasteiger partial charge in [-0.2, -0.15) is 0 Å². The quantitative estimate of drug-likeness (QED) is 0.569. The lowest BCUT2D eigenvalue weighted by Gasteiger charge is -2.30. The van der Waals surface area contributed by atoms with Gasteiger partial charge in [-0.1, -0.05) is 26.7 Å². The first-order chi connectivity index (χ1) is 8.82. The second-order valence-corrected chi connectivity index (χ2v) is 4.79. The fourth-order valence-corrected chi connectivity index (χ4v) is 1.88. The number of hydrogen-bond donors (Lipinski definition) is 4. The standard InChI is InChI=1S/C9H19NO.C4H4O4/c1-7(2)10-8-5-3-4-6-9(8)11;5-3(6)1-2-4(7)8/h7-11H,3-6H2,1-2H3;1-2H,(H,5,6)(H,7,8)/b;2-1-. The number of carboxylic acid groups (broad SMARTS) is 2. The van der Waals surface area contributed by atoms with Gasteiger partial charge in [-0.25, -0.2) is 9.59 Å². The highest BCUT2D eigenvalue weighted by molar-refractivity contribution is 5.89. The number of rotatable bonds is 4. The molecule has 6 heteroatoms. The zero-order chi connectivity index (χ0) is 14.8. The maximum atomic E-state index is 9.56. The van der Waals surface area contributed by atoms with E-state index in [0.29, 0.717) is 24.2 Å². The van der Waals surface area contributed by atoms with Crippen molar-refractivity contribution < 1.29 is 24.9 Å². The molecule has 19 heavy (non-hydrogen) atoms. The molecule has 0 spiro atoms. The summed E-state index contributed by atoms with van der Waals surface area (Å²) >= 11 is 0. The molecule has 1 rings (SSSR count). The first-order valence-corrected chi connectivity index (χ1v) is 6.41. The zero-order valence-corrected chi connectivity index (χ0v) is 11.4. The number of aliphatic hydroxyl groups is 1. The van der Waals surface area contributed by atoms with E-state index in [9.17, 15) is 14.7 Å². The minimum atomic E-state index is -1.26. The second kappa shape index (κ2) is 9.52. The Bertz CT molecular complexity index is 298. The largest absolute Gasteiger partial charge is 0.478 e. The van der Waals surface area contributed by atoms with Gasteiger partial charge in [-0.3, -0.25) is 0 Å². The van der Waals surface area contributed by atoms with Crippen molar-refractivity contribution in [3.05, 3.63) is 12.2 Å². The molecule has 1 aliphatic rings. The van der Waals surface area contributed by atoms with E-state index in [1.165, 1.54) is 12.8 Å². The summed E-state index contributed by atoms with van der Waals surface area (Å²) < 4.78 is 0. The van der Waals surface area contributed by atoms with Crippen LogP contribution >= 0.6 is 0 Å². The smallest absolute Gasteiger partial charge is 0.328 e. The van der Waals surface area contributed by atoms with Crippen molar-refractivity contribution in [1.29, 1.82) is 0 Å². The fraction of sp³-hybridized carbons (Fsp3) is 0.692. The van der Waals surface area contributed by atoms with Crippen LogP contribution in [0.25, 0.3) is 0 Å². The Balaban J connectivity index is 0.000000362. The van der Waals surface area contributed by atoms with E-state index in [-0.39, 0.29) is 6.10 Å². The molecule has 1 aliphatic carbocycles. The molecule has 0 aliphatic heterocycles. The Morgan fingerprint density at radius 3 is 1.95 bits per heavy atom. The molecule has 6 nitrogen and oxygen atoms in total. The topological polar surface area (TPSA) is 107 Å². The summed E-state index contributed by atoms with van der Waals surface area (Å²) in [5.41, 5.74) is 0. The molecule has 0 aromatic carbocycles. The fourth-order valence-electron chi connectivity index (χ4n) is 1.88. The lowest BCUT2D eigenvalue weighted by atomic mass is 9.92. The SMILES string of the molecule is CC(C)NC1CCCCC1O.O=C(O)/C=C\C(=O)O. The van der Waals surface area contributed by atoms with Crippen molar-refractivity contribution in [1.82, 2.24) is 5.32 Å². The van der Waals surface area contributed by atoms with Crippen molar-refractivity contribution in [2.24, 2.45) is 0 Å². The predicted molar refractivity (Wildman–Crippen MR) is 70.9 cm³/mol. The van der Waals surface area contributed by atoms with E-state index in [1.807, 2.05) is 0 Å². The maximum Gasteiger partial charge on any atom is 0.328 e. The van der Waals surface area contributed by atoms with Crippen LogP contribution in [0.15, 0.2) is 12.2 Å². The highest BCUT2D eigenvalue weighted by Crippen LogP contribution is 2.18.